The maximum absolute atomic E-state index is 5.45. The summed E-state index contributed by atoms with van der Waals surface area (Å²) in [5.74, 6) is 0. The van der Waals surface area contributed by atoms with Gasteiger partial charge >= 0.3 is 0 Å². The maximum Gasteiger partial charge on any atom is 0.0839 e. The molecule has 0 atom stereocenters. The van der Waals surface area contributed by atoms with Crippen molar-refractivity contribution in [1.29, 1.82) is 0 Å². The van der Waals surface area contributed by atoms with Crippen LogP contribution in [0.25, 0.3) is 0 Å². The topological polar surface area (TPSA) is 69.6 Å². The summed E-state index contributed by atoms with van der Waals surface area (Å²) in [6.07, 6.45) is 6.24. The van der Waals surface area contributed by atoms with E-state index in [1.165, 1.54) is 0 Å². The predicted octanol–water partition coefficient (Wildman–Crippen LogP) is 0.985. The summed E-state index contributed by atoms with van der Waals surface area (Å²) in [5, 5.41) is 8.05. The summed E-state index contributed by atoms with van der Waals surface area (Å²) in [7, 11) is 0. The summed E-state index contributed by atoms with van der Waals surface area (Å²) in [4.78, 5) is 4.10. The minimum absolute atomic E-state index is 0.594. The molecule has 0 amide bonds. The van der Waals surface area contributed by atoms with Crippen LogP contribution in [0.4, 0.5) is 0 Å². The summed E-state index contributed by atoms with van der Waals surface area (Å²) < 4.78 is 2.75. The highest BCUT2D eigenvalue weighted by Crippen LogP contribution is 2.10. The molecule has 0 aliphatic heterocycles. The summed E-state index contributed by atoms with van der Waals surface area (Å²) in [5.41, 5.74) is 7.45. The number of halogens is 1. The Hall–Kier alpha value is -1.27. The monoisotopic (exact) mass is 281 g/mol. The Morgan fingerprint density at radius 1 is 1.38 bits per heavy atom. The van der Waals surface area contributed by atoms with Crippen molar-refractivity contribution >= 4 is 15.9 Å². The van der Waals surface area contributed by atoms with Crippen molar-refractivity contribution in [1.82, 2.24) is 20.0 Å². The zero-order valence-corrected chi connectivity index (χ0v) is 10.3. The molecule has 2 N–H and O–H groups in total. The SMILES string of the molecule is NCCc1cn(Cc2cncc(Br)c2)nn1. The largest absolute Gasteiger partial charge is 0.330 e. The molecule has 0 fully saturated rings. The maximum atomic E-state index is 5.45. The van der Waals surface area contributed by atoms with Gasteiger partial charge in [0.25, 0.3) is 0 Å². The first-order valence-electron chi connectivity index (χ1n) is 4.96. The molecule has 2 heterocycles. The molecular weight excluding hydrogens is 270 g/mol. The number of nitrogens with zero attached hydrogens (tertiary/aromatic N) is 4. The molecule has 2 aromatic rings. The van der Waals surface area contributed by atoms with E-state index in [9.17, 15) is 0 Å². The van der Waals surface area contributed by atoms with Gasteiger partial charge in [-0.25, -0.2) is 4.68 Å². The summed E-state index contributed by atoms with van der Waals surface area (Å²) in [6, 6.07) is 2.01. The van der Waals surface area contributed by atoms with Crippen LogP contribution in [0.3, 0.4) is 0 Å². The van der Waals surface area contributed by atoms with Crippen LogP contribution < -0.4 is 5.73 Å². The Bertz CT molecular complexity index is 468. The molecule has 84 valence electrons. The fraction of sp³-hybridized carbons (Fsp3) is 0.300. The zero-order chi connectivity index (χ0) is 11.4. The van der Waals surface area contributed by atoms with Gasteiger partial charge in [-0.1, -0.05) is 5.21 Å². The molecule has 0 unspecified atom stereocenters. The molecule has 2 aromatic heterocycles. The molecule has 0 radical (unpaired) electrons. The average Bonchev–Trinajstić information content (AvgIpc) is 2.66. The van der Waals surface area contributed by atoms with E-state index in [2.05, 4.69) is 31.2 Å². The van der Waals surface area contributed by atoms with Crippen molar-refractivity contribution in [2.45, 2.75) is 13.0 Å². The van der Waals surface area contributed by atoms with Gasteiger partial charge in [-0.3, -0.25) is 4.98 Å². The van der Waals surface area contributed by atoms with Gasteiger partial charge in [0.1, 0.15) is 0 Å². The minimum atomic E-state index is 0.594. The second-order valence-electron chi connectivity index (χ2n) is 3.46. The molecule has 16 heavy (non-hydrogen) atoms. The molecule has 5 nitrogen and oxygen atoms in total. The smallest absolute Gasteiger partial charge is 0.0839 e. The van der Waals surface area contributed by atoms with Gasteiger partial charge in [0, 0.05) is 29.5 Å². The van der Waals surface area contributed by atoms with Gasteiger partial charge < -0.3 is 5.73 Å². The highest BCUT2D eigenvalue weighted by Gasteiger charge is 2.01. The lowest BCUT2D eigenvalue weighted by atomic mass is 10.3. The fourth-order valence-electron chi connectivity index (χ4n) is 1.41. The number of hydrogen-bond acceptors (Lipinski definition) is 4. The molecule has 0 saturated carbocycles. The lowest BCUT2D eigenvalue weighted by molar-refractivity contribution is 0.647. The number of hydrogen-bond donors (Lipinski definition) is 1. The van der Waals surface area contributed by atoms with Gasteiger partial charge in [-0.05, 0) is 34.1 Å². The Morgan fingerprint density at radius 3 is 3.00 bits per heavy atom. The molecule has 0 aliphatic carbocycles. The normalized spacial score (nSPS) is 10.6. The third kappa shape index (κ3) is 2.86. The quantitative estimate of drug-likeness (QED) is 0.907. The molecule has 0 aliphatic rings. The van der Waals surface area contributed by atoms with Crippen molar-refractivity contribution < 1.29 is 0 Å². The van der Waals surface area contributed by atoms with Gasteiger partial charge in [-0.15, -0.1) is 5.10 Å². The van der Waals surface area contributed by atoms with E-state index >= 15 is 0 Å². The van der Waals surface area contributed by atoms with Crippen molar-refractivity contribution in [3.63, 3.8) is 0 Å². The van der Waals surface area contributed by atoms with Crippen LogP contribution in [0, 0.1) is 0 Å². The second kappa shape index (κ2) is 5.18. The number of rotatable bonds is 4. The van der Waals surface area contributed by atoms with Crippen molar-refractivity contribution in [2.24, 2.45) is 5.73 Å². The minimum Gasteiger partial charge on any atom is -0.330 e. The first-order chi connectivity index (χ1) is 7.78. The van der Waals surface area contributed by atoms with Gasteiger partial charge in [-0.2, -0.15) is 0 Å². The van der Waals surface area contributed by atoms with Gasteiger partial charge in [0.15, 0.2) is 0 Å². The number of aromatic nitrogens is 4. The van der Waals surface area contributed by atoms with Crippen LogP contribution >= 0.6 is 15.9 Å². The third-order valence-electron chi connectivity index (χ3n) is 2.09. The van der Waals surface area contributed by atoms with E-state index in [-0.39, 0.29) is 0 Å². The van der Waals surface area contributed by atoms with E-state index in [0.717, 1.165) is 22.2 Å². The van der Waals surface area contributed by atoms with E-state index in [1.54, 1.807) is 10.9 Å². The molecule has 6 heteroatoms. The van der Waals surface area contributed by atoms with Gasteiger partial charge in [0.05, 0.1) is 12.2 Å². The lowest BCUT2D eigenvalue weighted by Gasteiger charge is -2.00. The highest BCUT2D eigenvalue weighted by molar-refractivity contribution is 9.10. The van der Waals surface area contributed by atoms with E-state index in [0.29, 0.717) is 13.1 Å². The van der Waals surface area contributed by atoms with Crippen LogP contribution in [0.2, 0.25) is 0 Å². The molecule has 0 aromatic carbocycles. The molecule has 0 spiro atoms. The van der Waals surface area contributed by atoms with Crippen molar-refractivity contribution in [3.05, 3.63) is 40.4 Å². The Morgan fingerprint density at radius 2 is 2.25 bits per heavy atom. The molecule has 0 bridgehead atoms. The first-order valence-corrected chi connectivity index (χ1v) is 5.76. The third-order valence-corrected chi connectivity index (χ3v) is 2.53. The molecule has 2 rings (SSSR count). The van der Waals surface area contributed by atoms with E-state index in [1.807, 2.05) is 18.5 Å². The van der Waals surface area contributed by atoms with E-state index in [4.69, 9.17) is 5.73 Å². The second-order valence-corrected chi connectivity index (χ2v) is 4.37. The van der Waals surface area contributed by atoms with Gasteiger partial charge in [0.2, 0.25) is 0 Å². The Balaban J connectivity index is 2.08. The zero-order valence-electron chi connectivity index (χ0n) is 8.67. The highest BCUT2D eigenvalue weighted by atomic mass is 79.9. The Kier molecular flexibility index (Phi) is 3.63. The Labute approximate surface area is 102 Å². The number of pyridine rings is 1. The first kappa shape index (κ1) is 11.2. The number of nitrogens with two attached hydrogens (primary N) is 1. The standard InChI is InChI=1S/C10H12BrN5/c11-9-3-8(4-13-5-9)6-16-7-10(1-2-12)14-15-16/h3-5,7H,1-2,6,12H2. The van der Waals surface area contributed by atoms with E-state index < -0.39 is 0 Å². The predicted molar refractivity (Wildman–Crippen MR) is 63.8 cm³/mol. The summed E-state index contributed by atoms with van der Waals surface area (Å²) >= 11 is 3.38. The van der Waals surface area contributed by atoms with Crippen LogP contribution in [-0.2, 0) is 13.0 Å². The van der Waals surface area contributed by atoms with Crippen LogP contribution in [0.15, 0.2) is 29.1 Å². The van der Waals surface area contributed by atoms with Crippen LogP contribution in [-0.4, -0.2) is 26.5 Å². The molecular formula is C10H12BrN5. The summed E-state index contributed by atoms with van der Waals surface area (Å²) in [6.45, 7) is 1.27. The fourth-order valence-corrected chi connectivity index (χ4v) is 1.82. The van der Waals surface area contributed by atoms with Crippen LogP contribution in [0.5, 0.6) is 0 Å². The lowest BCUT2D eigenvalue weighted by Crippen LogP contribution is -2.03. The van der Waals surface area contributed by atoms with Crippen LogP contribution in [0.1, 0.15) is 11.3 Å². The average molecular weight is 282 g/mol. The van der Waals surface area contributed by atoms with Crippen molar-refractivity contribution in [2.75, 3.05) is 6.54 Å². The molecule has 0 saturated heterocycles. The van der Waals surface area contributed by atoms with Crippen molar-refractivity contribution in [3.8, 4) is 0 Å².